The Kier molecular flexibility index (Phi) is 4.11. The Labute approximate surface area is 110 Å². The average molecular weight is 270 g/mol. The number of aromatic nitrogens is 3. The second-order valence-electron chi connectivity index (χ2n) is 4.49. The van der Waals surface area contributed by atoms with E-state index in [2.05, 4.69) is 26.6 Å². The van der Waals surface area contributed by atoms with Crippen LogP contribution in [-0.2, 0) is 4.79 Å². The van der Waals surface area contributed by atoms with Gasteiger partial charge in [0.15, 0.2) is 5.16 Å². The summed E-state index contributed by atoms with van der Waals surface area (Å²) in [5.41, 5.74) is 0. The Morgan fingerprint density at radius 2 is 2.28 bits per heavy atom. The van der Waals surface area contributed by atoms with Gasteiger partial charge in [0.25, 0.3) is 0 Å². The van der Waals surface area contributed by atoms with E-state index in [1.807, 2.05) is 7.05 Å². The average Bonchev–Trinajstić information content (AvgIpc) is 3.06. The minimum absolute atomic E-state index is 0.0301. The van der Waals surface area contributed by atoms with Crippen molar-refractivity contribution in [2.75, 3.05) is 24.2 Å². The van der Waals surface area contributed by atoms with Crippen LogP contribution in [0.1, 0.15) is 32.2 Å². The lowest BCUT2D eigenvalue weighted by Gasteiger charge is -2.18. The molecule has 7 heteroatoms. The summed E-state index contributed by atoms with van der Waals surface area (Å²) in [4.78, 5) is 12.7. The van der Waals surface area contributed by atoms with Crippen molar-refractivity contribution in [3.8, 4) is 0 Å². The lowest BCUT2D eigenvalue weighted by atomic mass is 10.4. The van der Waals surface area contributed by atoms with E-state index in [4.69, 9.17) is 5.11 Å². The largest absolute Gasteiger partial charge is 0.481 e. The Hall–Kier alpha value is -1.24. The topological polar surface area (TPSA) is 71.2 Å². The molecule has 0 bridgehead atoms. The molecule has 1 fully saturated rings. The zero-order valence-corrected chi connectivity index (χ0v) is 11.5. The highest BCUT2D eigenvalue weighted by Gasteiger charge is 2.30. The summed E-state index contributed by atoms with van der Waals surface area (Å²) < 4.78 is 2.09. The van der Waals surface area contributed by atoms with Gasteiger partial charge in [-0.2, -0.15) is 0 Å². The van der Waals surface area contributed by atoms with E-state index in [0.29, 0.717) is 6.04 Å². The van der Waals surface area contributed by atoms with Gasteiger partial charge < -0.3 is 10.0 Å². The highest BCUT2D eigenvalue weighted by Crippen LogP contribution is 2.40. The van der Waals surface area contributed by atoms with Gasteiger partial charge in [-0.1, -0.05) is 18.7 Å². The standard InChI is InChI=1S/C11H18N4O2S/c1-3-6-14(2)10-12-13-11(18-7-9(16)17)15(10)8-4-5-8/h8H,3-7H2,1-2H3,(H,16,17). The third-order valence-corrected chi connectivity index (χ3v) is 3.71. The maximum absolute atomic E-state index is 10.6. The van der Waals surface area contributed by atoms with Crippen LogP contribution in [0.2, 0.25) is 0 Å². The van der Waals surface area contributed by atoms with Gasteiger partial charge in [-0.05, 0) is 19.3 Å². The Morgan fingerprint density at radius 1 is 1.56 bits per heavy atom. The van der Waals surface area contributed by atoms with E-state index < -0.39 is 5.97 Å². The maximum Gasteiger partial charge on any atom is 0.313 e. The normalized spacial score (nSPS) is 14.8. The quantitative estimate of drug-likeness (QED) is 0.759. The molecule has 0 spiro atoms. The van der Waals surface area contributed by atoms with E-state index >= 15 is 0 Å². The first-order valence-electron chi connectivity index (χ1n) is 6.14. The molecule has 0 saturated heterocycles. The number of aliphatic carboxylic acids is 1. The molecule has 1 aliphatic rings. The first-order chi connectivity index (χ1) is 8.63. The predicted molar refractivity (Wildman–Crippen MR) is 70.2 cm³/mol. The smallest absolute Gasteiger partial charge is 0.313 e. The van der Waals surface area contributed by atoms with Crippen LogP contribution < -0.4 is 4.90 Å². The number of carboxylic acid groups (broad SMARTS) is 1. The molecule has 18 heavy (non-hydrogen) atoms. The van der Waals surface area contributed by atoms with Gasteiger partial charge in [-0.15, -0.1) is 10.2 Å². The molecule has 0 atom stereocenters. The summed E-state index contributed by atoms with van der Waals surface area (Å²) in [6.45, 7) is 3.04. The van der Waals surface area contributed by atoms with Gasteiger partial charge >= 0.3 is 5.97 Å². The first kappa shape index (κ1) is 13.2. The molecule has 1 heterocycles. The van der Waals surface area contributed by atoms with Gasteiger partial charge in [0.1, 0.15) is 0 Å². The molecule has 1 saturated carbocycles. The van der Waals surface area contributed by atoms with Crippen molar-refractivity contribution in [1.29, 1.82) is 0 Å². The van der Waals surface area contributed by atoms with Crippen LogP contribution in [0.4, 0.5) is 5.95 Å². The van der Waals surface area contributed by atoms with Crippen LogP contribution in [0.5, 0.6) is 0 Å². The Morgan fingerprint density at radius 3 is 2.83 bits per heavy atom. The lowest BCUT2D eigenvalue weighted by molar-refractivity contribution is -0.133. The monoisotopic (exact) mass is 270 g/mol. The predicted octanol–water partition coefficient (Wildman–Crippen LogP) is 1.64. The van der Waals surface area contributed by atoms with Gasteiger partial charge in [0, 0.05) is 19.6 Å². The molecule has 0 aromatic carbocycles. The van der Waals surface area contributed by atoms with Crippen molar-refractivity contribution in [2.45, 2.75) is 37.4 Å². The number of hydrogen-bond acceptors (Lipinski definition) is 5. The summed E-state index contributed by atoms with van der Waals surface area (Å²) in [6.07, 6.45) is 3.31. The molecular weight excluding hydrogens is 252 g/mol. The van der Waals surface area contributed by atoms with Gasteiger partial charge in [-0.25, -0.2) is 0 Å². The third kappa shape index (κ3) is 2.95. The molecule has 1 N–H and O–H groups in total. The number of rotatable bonds is 7. The number of carboxylic acids is 1. The van der Waals surface area contributed by atoms with E-state index in [1.165, 1.54) is 11.8 Å². The number of anilines is 1. The van der Waals surface area contributed by atoms with Crippen LogP contribution >= 0.6 is 11.8 Å². The summed E-state index contributed by atoms with van der Waals surface area (Å²) in [5, 5.41) is 17.8. The van der Waals surface area contributed by atoms with Crippen molar-refractivity contribution in [3.05, 3.63) is 0 Å². The molecule has 0 amide bonds. The third-order valence-electron chi connectivity index (χ3n) is 2.78. The van der Waals surface area contributed by atoms with E-state index in [-0.39, 0.29) is 5.75 Å². The van der Waals surface area contributed by atoms with Crippen molar-refractivity contribution in [2.24, 2.45) is 0 Å². The number of carbonyl (C=O) groups is 1. The van der Waals surface area contributed by atoms with Crippen molar-refractivity contribution >= 4 is 23.7 Å². The van der Waals surface area contributed by atoms with Gasteiger partial charge in [-0.3, -0.25) is 9.36 Å². The highest BCUT2D eigenvalue weighted by atomic mass is 32.2. The van der Waals surface area contributed by atoms with Crippen molar-refractivity contribution < 1.29 is 9.90 Å². The van der Waals surface area contributed by atoms with Crippen LogP contribution in [0, 0.1) is 0 Å². The van der Waals surface area contributed by atoms with Crippen molar-refractivity contribution in [1.82, 2.24) is 14.8 Å². The molecule has 6 nitrogen and oxygen atoms in total. The number of nitrogens with zero attached hydrogens (tertiary/aromatic N) is 4. The second kappa shape index (κ2) is 5.60. The zero-order chi connectivity index (χ0) is 13.1. The summed E-state index contributed by atoms with van der Waals surface area (Å²) in [6, 6.07) is 0.450. The molecule has 0 aliphatic heterocycles. The fraction of sp³-hybridized carbons (Fsp3) is 0.727. The fourth-order valence-corrected chi connectivity index (χ4v) is 2.56. The maximum atomic E-state index is 10.6. The van der Waals surface area contributed by atoms with Gasteiger partial charge in [0.05, 0.1) is 5.75 Å². The molecule has 1 aromatic heterocycles. The van der Waals surface area contributed by atoms with Crippen LogP contribution in [0.15, 0.2) is 5.16 Å². The zero-order valence-electron chi connectivity index (χ0n) is 10.7. The summed E-state index contributed by atoms with van der Waals surface area (Å²) >= 11 is 1.24. The van der Waals surface area contributed by atoms with Crippen molar-refractivity contribution in [3.63, 3.8) is 0 Å². The molecular formula is C11H18N4O2S. The van der Waals surface area contributed by atoms with Gasteiger partial charge in [0.2, 0.25) is 5.95 Å². The Bertz CT molecular complexity index is 431. The SMILES string of the molecule is CCCN(C)c1nnc(SCC(=O)O)n1C1CC1. The molecule has 2 rings (SSSR count). The highest BCUT2D eigenvalue weighted by molar-refractivity contribution is 7.99. The number of hydrogen-bond donors (Lipinski definition) is 1. The molecule has 0 unspecified atom stereocenters. The van der Waals surface area contributed by atoms with E-state index in [0.717, 1.165) is 36.9 Å². The molecule has 1 aliphatic carbocycles. The minimum atomic E-state index is -0.825. The van der Waals surface area contributed by atoms with Crippen LogP contribution in [0.3, 0.4) is 0 Å². The van der Waals surface area contributed by atoms with Crippen LogP contribution in [0.25, 0.3) is 0 Å². The Balaban J connectivity index is 2.17. The molecule has 1 aromatic rings. The summed E-state index contributed by atoms with van der Waals surface area (Å²) in [7, 11) is 2.00. The van der Waals surface area contributed by atoms with Crippen LogP contribution in [-0.4, -0.2) is 45.2 Å². The number of thioether (sulfide) groups is 1. The molecule has 0 radical (unpaired) electrons. The fourth-order valence-electron chi connectivity index (χ4n) is 1.84. The second-order valence-corrected chi connectivity index (χ2v) is 5.43. The summed E-state index contributed by atoms with van der Waals surface area (Å²) in [5.74, 6) is 0.0589. The van der Waals surface area contributed by atoms with E-state index in [9.17, 15) is 4.79 Å². The lowest BCUT2D eigenvalue weighted by Crippen LogP contribution is -2.22. The van der Waals surface area contributed by atoms with E-state index in [1.54, 1.807) is 0 Å². The minimum Gasteiger partial charge on any atom is -0.481 e. The molecule has 100 valence electrons. The first-order valence-corrected chi connectivity index (χ1v) is 7.12.